The maximum absolute atomic E-state index is 12.8. The summed E-state index contributed by atoms with van der Waals surface area (Å²) in [5.41, 5.74) is 3.88. The van der Waals surface area contributed by atoms with Gasteiger partial charge in [-0.1, -0.05) is 18.2 Å². The molecule has 27 heavy (non-hydrogen) atoms. The van der Waals surface area contributed by atoms with Gasteiger partial charge in [-0.25, -0.2) is 0 Å². The van der Waals surface area contributed by atoms with Gasteiger partial charge in [0.2, 0.25) is 5.91 Å². The lowest BCUT2D eigenvalue weighted by molar-refractivity contribution is -0.131. The molecule has 1 aliphatic rings. The van der Waals surface area contributed by atoms with Crippen LogP contribution >= 0.6 is 0 Å². The fraction of sp³-hybridized carbons (Fsp3) is 0.333. The molecular formula is C21H24N4O2. The number of carbonyl (C=O) groups is 2. The zero-order chi connectivity index (χ0) is 19.0. The summed E-state index contributed by atoms with van der Waals surface area (Å²) in [4.78, 5) is 32.4. The van der Waals surface area contributed by atoms with Crippen molar-refractivity contribution in [1.82, 2.24) is 19.4 Å². The summed E-state index contributed by atoms with van der Waals surface area (Å²) < 4.78 is 1.87. The Labute approximate surface area is 158 Å². The summed E-state index contributed by atoms with van der Waals surface area (Å²) in [6, 6.07) is 9.91. The Morgan fingerprint density at radius 2 is 1.74 bits per heavy atom. The number of aromatic nitrogens is 2. The average molecular weight is 364 g/mol. The van der Waals surface area contributed by atoms with Crippen LogP contribution in [0.5, 0.6) is 0 Å². The minimum atomic E-state index is 0.0372. The molecule has 2 amide bonds. The van der Waals surface area contributed by atoms with Crippen molar-refractivity contribution in [3.63, 3.8) is 0 Å². The first-order valence-corrected chi connectivity index (χ1v) is 9.28. The summed E-state index contributed by atoms with van der Waals surface area (Å²) in [6.07, 6.45) is 4.10. The van der Waals surface area contributed by atoms with Crippen LogP contribution in [0.15, 0.2) is 42.7 Å². The smallest absolute Gasteiger partial charge is 0.255 e. The number of H-pyrrole nitrogens is 1. The summed E-state index contributed by atoms with van der Waals surface area (Å²) in [6.45, 7) is 4.33. The van der Waals surface area contributed by atoms with Crippen LogP contribution in [0.25, 0.3) is 10.9 Å². The van der Waals surface area contributed by atoms with Crippen LogP contribution in [0.2, 0.25) is 0 Å². The number of fused-ring (bicyclic) bond motifs is 1. The highest BCUT2D eigenvalue weighted by atomic mass is 16.2. The van der Waals surface area contributed by atoms with Crippen molar-refractivity contribution in [2.45, 2.75) is 13.3 Å². The number of carbonyl (C=O) groups excluding carboxylic acids is 2. The molecule has 2 aromatic heterocycles. The van der Waals surface area contributed by atoms with Gasteiger partial charge in [-0.2, -0.15) is 0 Å². The van der Waals surface area contributed by atoms with E-state index < -0.39 is 0 Å². The van der Waals surface area contributed by atoms with E-state index in [1.54, 1.807) is 0 Å². The third-order valence-corrected chi connectivity index (χ3v) is 5.35. The third kappa shape index (κ3) is 3.35. The van der Waals surface area contributed by atoms with Crippen LogP contribution in [-0.4, -0.2) is 57.3 Å². The fourth-order valence-electron chi connectivity index (χ4n) is 3.80. The molecule has 140 valence electrons. The van der Waals surface area contributed by atoms with Gasteiger partial charge in [0.15, 0.2) is 0 Å². The van der Waals surface area contributed by atoms with Crippen molar-refractivity contribution in [2.75, 3.05) is 26.2 Å². The van der Waals surface area contributed by atoms with E-state index in [-0.39, 0.29) is 11.8 Å². The van der Waals surface area contributed by atoms with Gasteiger partial charge in [0.1, 0.15) is 0 Å². The van der Waals surface area contributed by atoms with Crippen LogP contribution < -0.4 is 0 Å². The molecule has 0 unspecified atom stereocenters. The predicted molar refractivity (Wildman–Crippen MR) is 105 cm³/mol. The third-order valence-electron chi connectivity index (χ3n) is 5.35. The zero-order valence-corrected chi connectivity index (χ0v) is 15.7. The summed E-state index contributed by atoms with van der Waals surface area (Å²) in [7, 11) is 1.90. The largest absolute Gasteiger partial charge is 0.358 e. The van der Waals surface area contributed by atoms with E-state index in [4.69, 9.17) is 0 Å². The number of hydrogen-bond donors (Lipinski definition) is 1. The van der Waals surface area contributed by atoms with E-state index in [2.05, 4.69) is 11.1 Å². The second-order valence-electron chi connectivity index (χ2n) is 7.19. The quantitative estimate of drug-likeness (QED) is 0.775. The van der Waals surface area contributed by atoms with E-state index >= 15 is 0 Å². The van der Waals surface area contributed by atoms with Crippen molar-refractivity contribution in [1.29, 1.82) is 0 Å². The highest BCUT2D eigenvalue weighted by molar-refractivity contribution is 5.94. The number of hydrogen-bond acceptors (Lipinski definition) is 2. The minimum Gasteiger partial charge on any atom is -0.358 e. The Hall–Kier alpha value is -3.02. The molecule has 6 heteroatoms. The summed E-state index contributed by atoms with van der Waals surface area (Å²) in [5, 5.41) is 1.11. The Balaban J connectivity index is 1.40. The molecule has 0 saturated carbocycles. The van der Waals surface area contributed by atoms with Gasteiger partial charge in [-0.15, -0.1) is 0 Å². The molecule has 0 aliphatic carbocycles. The number of aromatic amines is 1. The number of benzene rings is 1. The van der Waals surface area contributed by atoms with Crippen LogP contribution in [0, 0.1) is 6.92 Å². The van der Waals surface area contributed by atoms with Crippen LogP contribution in [0.1, 0.15) is 21.6 Å². The average Bonchev–Trinajstić information content (AvgIpc) is 3.25. The van der Waals surface area contributed by atoms with Crippen molar-refractivity contribution in [3.8, 4) is 0 Å². The minimum absolute atomic E-state index is 0.0372. The Bertz CT molecular complexity index is 993. The van der Waals surface area contributed by atoms with E-state index in [1.165, 1.54) is 0 Å². The lowest BCUT2D eigenvalue weighted by Crippen LogP contribution is -2.51. The molecule has 1 saturated heterocycles. The molecule has 1 fully saturated rings. The summed E-state index contributed by atoms with van der Waals surface area (Å²) >= 11 is 0. The number of aryl methyl sites for hydroxylation is 2. The van der Waals surface area contributed by atoms with Crippen LogP contribution in [0.4, 0.5) is 0 Å². The Morgan fingerprint density at radius 1 is 1.04 bits per heavy atom. The van der Waals surface area contributed by atoms with Crippen LogP contribution in [-0.2, 0) is 18.3 Å². The molecular weight excluding hydrogens is 340 g/mol. The lowest BCUT2D eigenvalue weighted by Gasteiger charge is -2.34. The molecule has 1 aliphatic heterocycles. The van der Waals surface area contributed by atoms with Crippen molar-refractivity contribution < 1.29 is 9.59 Å². The first-order chi connectivity index (χ1) is 13.0. The van der Waals surface area contributed by atoms with E-state index in [9.17, 15) is 9.59 Å². The molecule has 1 aromatic carbocycles. The number of para-hydroxylation sites is 1. The van der Waals surface area contributed by atoms with E-state index in [0.717, 1.165) is 22.2 Å². The molecule has 0 spiro atoms. The molecule has 3 heterocycles. The second-order valence-corrected chi connectivity index (χ2v) is 7.19. The topological polar surface area (TPSA) is 61.3 Å². The van der Waals surface area contributed by atoms with Gasteiger partial charge >= 0.3 is 0 Å². The highest BCUT2D eigenvalue weighted by Gasteiger charge is 2.26. The monoisotopic (exact) mass is 364 g/mol. The van der Waals surface area contributed by atoms with Gasteiger partial charge < -0.3 is 19.4 Å². The number of amides is 2. The number of nitrogens with one attached hydrogen (secondary N) is 1. The van der Waals surface area contributed by atoms with Crippen LogP contribution in [0.3, 0.4) is 0 Å². The predicted octanol–water partition coefficient (Wildman–Crippen LogP) is 2.34. The first kappa shape index (κ1) is 17.4. The van der Waals surface area contributed by atoms with Gasteiger partial charge in [-0.05, 0) is 24.6 Å². The van der Waals surface area contributed by atoms with Gasteiger partial charge in [0.05, 0.1) is 12.0 Å². The standard InChI is InChI=1S/C21H24N4O2/c1-15-18(17-5-3-4-6-19(17)22-15)13-20(26)24-9-11-25(12-10-24)21(27)16-7-8-23(2)14-16/h3-8,14,22H,9-13H2,1-2H3. The fourth-order valence-corrected chi connectivity index (χ4v) is 3.80. The second kappa shape index (κ2) is 6.95. The van der Waals surface area contributed by atoms with E-state index in [1.807, 2.05) is 65.0 Å². The molecule has 3 aromatic rings. The highest BCUT2D eigenvalue weighted by Crippen LogP contribution is 2.23. The Kier molecular flexibility index (Phi) is 4.48. The maximum Gasteiger partial charge on any atom is 0.255 e. The van der Waals surface area contributed by atoms with Crippen molar-refractivity contribution in [2.24, 2.45) is 7.05 Å². The molecule has 6 nitrogen and oxygen atoms in total. The molecule has 0 bridgehead atoms. The molecule has 0 radical (unpaired) electrons. The van der Waals surface area contributed by atoms with Gasteiger partial charge in [-0.3, -0.25) is 9.59 Å². The normalized spacial score (nSPS) is 14.7. The van der Waals surface area contributed by atoms with Gasteiger partial charge in [0.25, 0.3) is 5.91 Å². The van der Waals surface area contributed by atoms with Crippen molar-refractivity contribution >= 4 is 22.7 Å². The molecule has 1 N–H and O–H groups in total. The van der Waals surface area contributed by atoms with Crippen molar-refractivity contribution in [3.05, 3.63) is 59.5 Å². The Morgan fingerprint density at radius 3 is 2.44 bits per heavy atom. The van der Waals surface area contributed by atoms with Gasteiger partial charge in [0, 0.05) is 62.2 Å². The molecule has 0 atom stereocenters. The van der Waals surface area contributed by atoms with E-state index in [0.29, 0.717) is 38.2 Å². The number of piperazine rings is 1. The molecule has 4 rings (SSSR count). The summed E-state index contributed by atoms with van der Waals surface area (Å²) in [5.74, 6) is 0.157. The number of nitrogens with zero attached hydrogens (tertiary/aromatic N) is 3. The maximum atomic E-state index is 12.8. The first-order valence-electron chi connectivity index (χ1n) is 9.28. The number of rotatable bonds is 3. The SMILES string of the molecule is Cc1[nH]c2ccccc2c1CC(=O)N1CCN(C(=O)c2ccn(C)c2)CC1. The lowest BCUT2D eigenvalue weighted by atomic mass is 10.1. The zero-order valence-electron chi connectivity index (χ0n) is 15.7.